The van der Waals surface area contributed by atoms with Gasteiger partial charge in [-0.3, -0.25) is 20.7 Å². The van der Waals surface area contributed by atoms with Gasteiger partial charge in [0.15, 0.2) is 0 Å². The zero-order valence-corrected chi connectivity index (χ0v) is 17.0. The maximum Gasteiger partial charge on any atom is 0.409 e. The first-order chi connectivity index (χ1) is 15.5. The number of benzene rings is 3. The molecule has 0 bridgehead atoms. The largest absolute Gasteiger partial charge is 0.445 e. The fourth-order valence-electron chi connectivity index (χ4n) is 2.85. The number of nitro benzene ring substituents is 1. The van der Waals surface area contributed by atoms with Crippen LogP contribution in [0.5, 0.6) is 0 Å². The molecule has 2 N–H and O–H groups in total. The van der Waals surface area contributed by atoms with Crippen LogP contribution < -0.4 is 10.6 Å². The van der Waals surface area contributed by atoms with E-state index in [1.807, 2.05) is 12.1 Å². The number of amides is 2. The van der Waals surface area contributed by atoms with E-state index in [9.17, 15) is 19.7 Å². The number of rotatable bonds is 8. The zero-order chi connectivity index (χ0) is 22.8. The smallest absolute Gasteiger partial charge is 0.409 e. The molecule has 164 valence electrons. The summed E-state index contributed by atoms with van der Waals surface area (Å²) >= 11 is 0. The van der Waals surface area contributed by atoms with Crippen LogP contribution in [0.15, 0.2) is 84.9 Å². The number of nitrogens with zero attached hydrogens (tertiary/aromatic N) is 1. The van der Waals surface area contributed by atoms with E-state index >= 15 is 0 Å². The number of nitrogens with one attached hydrogen (secondary N) is 2. The molecular weight excluding hydrogens is 414 g/mol. The average Bonchev–Trinajstić information content (AvgIpc) is 2.82. The Bertz CT molecular complexity index is 1000. The lowest BCUT2D eigenvalue weighted by Gasteiger charge is -2.20. The van der Waals surface area contributed by atoms with Crippen LogP contribution in [0.2, 0.25) is 0 Å². The number of ether oxygens (including phenoxy) is 2. The monoisotopic (exact) mass is 435 g/mol. The van der Waals surface area contributed by atoms with Gasteiger partial charge in [-0.25, -0.2) is 9.59 Å². The predicted molar refractivity (Wildman–Crippen MR) is 115 cm³/mol. The van der Waals surface area contributed by atoms with Crippen LogP contribution in [0.4, 0.5) is 15.3 Å². The Morgan fingerprint density at radius 2 is 1.19 bits per heavy atom. The standard InChI is InChI=1S/C23H21N3O6/c27-22(31-15-17-9-3-1-4-10-17)24-21(19-13-7-8-14-20(19)26(29)30)25-23(28)32-16-18-11-5-2-6-12-18/h1-14,21H,15-16H2,(H,24,27)(H,25,28). The van der Waals surface area contributed by atoms with Crippen LogP contribution in [0, 0.1) is 10.1 Å². The van der Waals surface area contributed by atoms with Gasteiger partial charge in [-0.05, 0) is 17.2 Å². The van der Waals surface area contributed by atoms with E-state index in [1.54, 1.807) is 54.6 Å². The molecule has 3 aromatic carbocycles. The van der Waals surface area contributed by atoms with Crippen LogP contribution >= 0.6 is 0 Å². The summed E-state index contributed by atoms with van der Waals surface area (Å²) < 4.78 is 10.4. The first-order valence-corrected chi connectivity index (χ1v) is 9.70. The minimum absolute atomic E-state index is 0.00523. The Balaban J connectivity index is 1.70. The zero-order valence-electron chi connectivity index (χ0n) is 17.0. The molecule has 0 saturated heterocycles. The Kier molecular flexibility index (Phi) is 7.74. The number of carbonyl (C=O) groups is 2. The lowest BCUT2D eigenvalue weighted by Crippen LogP contribution is -2.41. The van der Waals surface area contributed by atoms with E-state index in [4.69, 9.17) is 9.47 Å². The molecule has 9 heteroatoms. The van der Waals surface area contributed by atoms with Crippen molar-refractivity contribution in [2.75, 3.05) is 0 Å². The van der Waals surface area contributed by atoms with Gasteiger partial charge in [0.25, 0.3) is 5.69 Å². The molecule has 0 atom stereocenters. The SMILES string of the molecule is O=C(NC(NC(=O)OCc1ccccc1)c1ccccc1[N+](=O)[O-])OCc1ccccc1. The third kappa shape index (κ3) is 6.56. The highest BCUT2D eigenvalue weighted by Crippen LogP contribution is 2.23. The minimum Gasteiger partial charge on any atom is -0.445 e. The molecule has 9 nitrogen and oxygen atoms in total. The molecular formula is C23H21N3O6. The van der Waals surface area contributed by atoms with Crippen LogP contribution in [0.1, 0.15) is 22.9 Å². The van der Waals surface area contributed by atoms with Gasteiger partial charge in [-0.1, -0.05) is 72.8 Å². The Labute approximate surface area is 184 Å². The topological polar surface area (TPSA) is 120 Å². The van der Waals surface area contributed by atoms with Crippen LogP contribution in [0.3, 0.4) is 0 Å². The van der Waals surface area contributed by atoms with Crippen molar-refractivity contribution >= 4 is 17.9 Å². The molecule has 0 aliphatic heterocycles. The molecule has 3 aromatic rings. The summed E-state index contributed by atoms with van der Waals surface area (Å²) in [5, 5.41) is 16.3. The first-order valence-electron chi connectivity index (χ1n) is 9.70. The van der Waals surface area contributed by atoms with Crippen LogP contribution in [-0.4, -0.2) is 17.1 Å². The van der Waals surface area contributed by atoms with Gasteiger partial charge < -0.3 is 9.47 Å². The fourth-order valence-corrected chi connectivity index (χ4v) is 2.85. The molecule has 0 fully saturated rings. The number of hydrogen-bond acceptors (Lipinski definition) is 6. The van der Waals surface area contributed by atoms with Gasteiger partial charge in [-0.15, -0.1) is 0 Å². The summed E-state index contributed by atoms with van der Waals surface area (Å²) in [6.07, 6.45) is -2.97. The van der Waals surface area contributed by atoms with Crippen LogP contribution in [-0.2, 0) is 22.7 Å². The Hall–Kier alpha value is -4.40. The van der Waals surface area contributed by atoms with Crippen molar-refractivity contribution in [3.63, 3.8) is 0 Å². The summed E-state index contributed by atoms with van der Waals surface area (Å²) in [4.78, 5) is 35.5. The summed E-state index contributed by atoms with van der Waals surface area (Å²) in [5.74, 6) is 0. The van der Waals surface area contributed by atoms with Crippen molar-refractivity contribution in [2.24, 2.45) is 0 Å². The maximum absolute atomic E-state index is 12.3. The normalized spacial score (nSPS) is 10.3. The molecule has 0 heterocycles. The molecule has 32 heavy (non-hydrogen) atoms. The highest BCUT2D eigenvalue weighted by Gasteiger charge is 2.26. The quantitative estimate of drug-likeness (QED) is 0.306. The van der Waals surface area contributed by atoms with Crippen molar-refractivity contribution in [1.29, 1.82) is 0 Å². The summed E-state index contributed by atoms with van der Waals surface area (Å²) in [5.41, 5.74) is 1.33. The lowest BCUT2D eigenvalue weighted by atomic mass is 10.1. The highest BCUT2D eigenvalue weighted by atomic mass is 16.6. The van der Waals surface area contributed by atoms with E-state index < -0.39 is 23.3 Å². The number of carbonyl (C=O) groups excluding carboxylic acids is 2. The molecule has 0 radical (unpaired) electrons. The third-order valence-electron chi connectivity index (χ3n) is 4.39. The second-order valence-electron chi connectivity index (χ2n) is 6.66. The van der Waals surface area contributed by atoms with Gasteiger partial charge in [0.2, 0.25) is 0 Å². The van der Waals surface area contributed by atoms with Gasteiger partial charge in [0, 0.05) is 6.07 Å². The molecule has 0 spiro atoms. The number of nitro groups is 1. The summed E-state index contributed by atoms with van der Waals surface area (Å²) in [6, 6.07) is 23.8. The van der Waals surface area contributed by atoms with Gasteiger partial charge in [0.1, 0.15) is 19.4 Å². The fraction of sp³-hybridized carbons (Fsp3) is 0.130. The number of alkyl carbamates (subject to hydrolysis) is 2. The lowest BCUT2D eigenvalue weighted by molar-refractivity contribution is -0.385. The van der Waals surface area contributed by atoms with Crippen molar-refractivity contribution in [3.8, 4) is 0 Å². The minimum atomic E-state index is -1.25. The number of para-hydroxylation sites is 1. The summed E-state index contributed by atoms with van der Waals surface area (Å²) in [6.45, 7) is -0.0105. The maximum atomic E-state index is 12.3. The van der Waals surface area contributed by atoms with E-state index in [0.717, 1.165) is 11.1 Å². The Morgan fingerprint density at radius 1 is 0.750 bits per heavy atom. The molecule has 0 aliphatic carbocycles. The van der Waals surface area contributed by atoms with Crippen molar-refractivity contribution in [2.45, 2.75) is 19.4 Å². The van der Waals surface area contributed by atoms with Crippen LogP contribution in [0.25, 0.3) is 0 Å². The molecule has 2 amide bonds. The van der Waals surface area contributed by atoms with E-state index in [1.165, 1.54) is 18.2 Å². The highest BCUT2D eigenvalue weighted by molar-refractivity contribution is 5.72. The molecule has 0 saturated carbocycles. The molecule has 3 rings (SSSR count). The Morgan fingerprint density at radius 3 is 1.66 bits per heavy atom. The van der Waals surface area contributed by atoms with E-state index in [-0.39, 0.29) is 24.5 Å². The predicted octanol–water partition coefficient (Wildman–Crippen LogP) is 4.45. The molecule has 0 aliphatic rings. The van der Waals surface area contributed by atoms with Gasteiger partial charge in [0.05, 0.1) is 10.5 Å². The molecule has 0 unspecified atom stereocenters. The van der Waals surface area contributed by atoms with Crippen molar-refractivity contribution < 1.29 is 24.0 Å². The first kappa shape index (κ1) is 22.3. The van der Waals surface area contributed by atoms with E-state index in [0.29, 0.717) is 0 Å². The van der Waals surface area contributed by atoms with E-state index in [2.05, 4.69) is 10.6 Å². The van der Waals surface area contributed by atoms with Gasteiger partial charge >= 0.3 is 12.2 Å². The second kappa shape index (κ2) is 11.1. The summed E-state index contributed by atoms with van der Waals surface area (Å²) in [7, 11) is 0. The number of hydrogen-bond donors (Lipinski definition) is 2. The van der Waals surface area contributed by atoms with Gasteiger partial charge in [-0.2, -0.15) is 0 Å². The van der Waals surface area contributed by atoms with Crippen molar-refractivity contribution in [3.05, 3.63) is 112 Å². The second-order valence-corrected chi connectivity index (χ2v) is 6.66. The molecule has 0 aromatic heterocycles. The van der Waals surface area contributed by atoms with Crippen molar-refractivity contribution in [1.82, 2.24) is 10.6 Å². The third-order valence-corrected chi connectivity index (χ3v) is 4.39. The average molecular weight is 435 g/mol.